The lowest BCUT2D eigenvalue weighted by Gasteiger charge is -2.11. The molecule has 0 aliphatic rings. The summed E-state index contributed by atoms with van der Waals surface area (Å²) >= 11 is 0. The third-order valence-corrected chi connectivity index (χ3v) is 4.03. The fourth-order valence-corrected chi connectivity index (χ4v) is 2.61. The maximum Gasteiger partial charge on any atom is 0.321 e. The van der Waals surface area contributed by atoms with Gasteiger partial charge in [0.15, 0.2) is 0 Å². The molecular weight excluding hydrogens is 272 g/mol. The number of carbonyl (C=O) groups excluding carboxylic acids is 1. The van der Waals surface area contributed by atoms with Crippen LogP contribution in [0.4, 0.5) is 0 Å². The van der Waals surface area contributed by atoms with Crippen LogP contribution in [0.25, 0.3) is 0 Å². The van der Waals surface area contributed by atoms with Crippen molar-refractivity contribution in [2.24, 2.45) is 5.73 Å². The number of hydrogen-bond donors (Lipinski definition) is 3. The molecule has 1 rings (SSSR count). The summed E-state index contributed by atoms with van der Waals surface area (Å²) < 4.78 is 25.8. The van der Waals surface area contributed by atoms with Crippen molar-refractivity contribution in [2.75, 3.05) is 0 Å². The second-order valence-electron chi connectivity index (χ2n) is 4.02. The number of aryl methyl sites for hydroxylation is 1. The highest BCUT2D eigenvalue weighted by molar-refractivity contribution is 7.89. The first-order valence-corrected chi connectivity index (χ1v) is 6.79. The normalized spacial score (nSPS) is 12.9. The van der Waals surface area contributed by atoms with Gasteiger partial charge in [-0.2, -0.15) is 4.72 Å². The smallest absolute Gasteiger partial charge is 0.321 e. The van der Waals surface area contributed by atoms with Gasteiger partial charge in [0, 0.05) is 5.56 Å². The van der Waals surface area contributed by atoms with Gasteiger partial charge in [-0.15, -0.1) is 0 Å². The van der Waals surface area contributed by atoms with E-state index in [1.165, 1.54) is 19.1 Å². The number of carboxylic acids is 1. The lowest BCUT2D eigenvalue weighted by atomic mass is 10.1. The van der Waals surface area contributed by atoms with Crippen molar-refractivity contribution in [3.8, 4) is 0 Å². The minimum Gasteiger partial charge on any atom is -0.480 e. The van der Waals surface area contributed by atoms with Crippen LogP contribution in [0.1, 0.15) is 22.8 Å². The van der Waals surface area contributed by atoms with E-state index in [0.29, 0.717) is 5.56 Å². The molecule has 0 bridgehead atoms. The Morgan fingerprint density at radius 1 is 1.37 bits per heavy atom. The number of carboxylic acid groups (broad SMARTS) is 1. The molecule has 0 unspecified atom stereocenters. The van der Waals surface area contributed by atoms with Crippen LogP contribution in [0.5, 0.6) is 0 Å². The van der Waals surface area contributed by atoms with Gasteiger partial charge in [0.1, 0.15) is 6.04 Å². The van der Waals surface area contributed by atoms with Gasteiger partial charge in [-0.3, -0.25) is 9.59 Å². The molecular formula is C11H14N2O5S. The molecule has 4 N–H and O–H groups in total. The molecule has 0 radical (unpaired) electrons. The molecule has 0 spiro atoms. The van der Waals surface area contributed by atoms with Crippen molar-refractivity contribution < 1.29 is 23.1 Å². The van der Waals surface area contributed by atoms with Gasteiger partial charge in [0.25, 0.3) is 0 Å². The zero-order chi connectivity index (χ0) is 14.8. The zero-order valence-corrected chi connectivity index (χ0v) is 11.2. The Morgan fingerprint density at radius 2 is 1.95 bits per heavy atom. The lowest BCUT2D eigenvalue weighted by Crippen LogP contribution is -2.38. The van der Waals surface area contributed by atoms with Crippen LogP contribution in [0, 0.1) is 6.92 Å². The number of carbonyl (C=O) groups is 2. The van der Waals surface area contributed by atoms with Crippen LogP contribution in [-0.4, -0.2) is 31.4 Å². The average molecular weight is 286 g/mol. The first-order valence-electron chi connectivity index (χ1n) is 5.30. The molecule has 8 heteroatoms. The zero-order valence-electron chi connectivity index (χ0n) is 10.4. The number of primary amides is 1. The number of rotatable bonds is 5. The predicted octanol–water partition coefficient (Wildman–Crippen LogP) is -0.155. The van der Waals surface area contributed by atoms with Crippen LogP contribution in [0.3, 0.4) is 0 Å². The highest BCUT2D eigenvalue weighted by Crippen LogP contribution is 2.15. The molecule has 0 aliphatic carbocycles. The number of nitrogens with one attached hydrogen (secondary N) is 1. The summed E-state index contributed by atoms with van der Waals surface area (Å²) in [5, 5.41) is 8.68. The summed E-state index contributed by atoms with van der Waals surface area (Å²) in [7, 11) is -4.02. The molecule has 0 aliphatic heterocycles. The molecule has 1 aromatic carbocycles. The topological polar surface area (TPSA) is 127 Å². The highest BCUT2D eigenvalue weighted by atomic mass is 32.2. The third kappa shape index (κ3) is 3.52. The number of hydrogen-bond acceptors (Lipinski definition) is 4. The van der Waals surface area contributed by atoms with Gasteiger partial charge in [0.2, 0.25) is 15.9 Å². The van der Waals surface area contributed by atoms with Gasteiger partial charge < -0.3 is 10.8 Å². The Kier molecular flexibility index (Phi) is 4.28. The van der Waals surface area contributed by atoms with Gasteiger partial charge >= 0.3 is 5.97 Å². The van der Waals surface area contributed by atoms with Gasteiger partial charge in [-0.1, -0.05) is 6.07 Å². The molecule has 1 amide bonds. The van der Waals surface area contributed by atoms with Crippen LogP contribution in [0.15, 0.2) is 23.1 Å². The number of benzene rings is 1. The minimum atomic E-state index is -4.02. The molecule has 0 saturated carbocycles. The Bertz CT molecular complexity index is 624. The Hall–Kier alpha value is -1.93. The molecule has 0 heterocycles. The van der Waals surface area contributed by atoms with E-state index in [1.807, 2.05) is 4.72 Å². The third-order valence-electron chi connectivity index (χ3n) is 2.49. The summed E-state index contributed by atoms with van der Waals surface area (Å²) in [6.45, 7) is 2.81. The Balaban J connectivity index is 3.19. The van der Waals surface area contributed by atoms with Gasteiger partial charge in [0.05, 0.1) is 4.90 Å². The summed E-state index contributed by atoms with van der Waals surface area (Å²) in [4.78, 5) is 21.6. The van der Waals surface area contributed by atoms with Crippen LogP contribution in [0.2, 0.25) is 0 Å². The monoisotopic (exact) mass is 286 g/mol. The number of aliphatic carboxylic acids is 1. The SMILES string of the molecule is Cc1ccc(S(=O)(=O)N[C@H](C)C(=O)O)cc1C(N)=O. The van der Waals surface area contributed by atoms with Gasteiger partial charge in [-0.25, -0.2) is 8.42 Å². The first kappa shape index (κ1) is 15.1. The molecule has 104 valence electrons. The molecule has 1 aromatic rings. The predicted molar refractivity (Wildman–Crippen MR) is 67.1 cm³/mol. The lowest BCUT2D eigenvalue weighted by molar-refractivity contribution is -0.138. The fourth-order valence-electron chi connectivity index (χ4n) is 1.38. The molecule has 0 saturated heterocycles. The molecule has 19 heavy (non-hydrogen) atoms. The Morgan fingerprint density at radius 3 is 2.42 bits per heavy atom. The van der Waals surface area contributed by atoms with E-state index in [4.69, 9.17) is 10.8 Å². The van der Waals surface area contributed by atoms with Crippen LogP contribution in [-0.2, 0) is 14.8 Å². The highest BCUT2D eigenvalue weighted by Gasteiger charge is 2.22. The van der Waals surface area contributed by atoms with E-state index in [-0.39, 0.29) is 10.5 Å². The number of nitrogens with two attached hydrogens (primary N) is 1. The van der Waals surface area contributed by atoms with Crippen molar-refractivity contribution in [2.45, 2.75) is 24.8 Å². The molecule has 0 fully saturated rings. The molecule has 7 nitrogen and oxygen atoms in total. The fraction of sp³-hybridized carbons (Fsp3) is 0.273. The van der Waals surface area contributed by atoms with Crippen molar-refractivity contribution in [3.63, 3.8) is 0 Å². The first-order chi connectivity index (χ1) is 8.65. The maximum atomic E-state index is 11.9. The number of sulfonamides is 1. The second-order valence-corrected chi connectivity index (χ2v) is 5.74. The summed E-state index contributed by atoms with van der Waals surface area (Å²) in [5.74, 6) is -2.05. The largest absolute Gasteiger partial charge is 0.480 e. The average Bonchev–Trinajstić information content (AvgIpc) is 2.27. The number of amides is 1. The standard InChI is InChI=1S/C11H14N2O5S/c1-6-3-4-8(5-9(6)10(12)14)19(17,18)13-7(2)11(15)16/h3-5,7,13H,1-2H3,(H2,12,14)(H,15,16)/t7-/m1/s1. The maximum absolute atomic E-state index is 11.9. The quantitative estimate of drug-likeness (QED) is 0.693. The summed E-state index contributed by atoms with van der Waals surface area (Å²) in [5.41, 5.74) is 5.74. The van der Waals surface area contributed by atoms with E-state index >= 15 is 0 Å². The second kappa shape index (κ2) is 5.37. The minimum absolute atomic E-state index is 0.0749. The molecule has 0 aromatic heterocycles. The van der Waals surface area contributed by atoms with E-state index in [9.17, 15) is 18.0 Å². The van der Waals surface area contributed by atoms with Crippen molar-refractivity contribution in [3.05, 3.63) is 29.3 Å². The van der Waals surface area contributed by atoms with Crippen molar-refractivity contribution in [1.82, 2.24) is 4.72 Å². The van der Waals surface area contributed by atoms with E-state index in [1.54, 1.807) is 6.92 Å². The van der Waals surface area contributed by atoms with E-state index in [2.05, 4.69) is 0 Å². The van der Waals surface area contributed by atoms with Crippen LogP contribution >= 0.6 is 0 Å². The van der Waals surface area contributed by atoms with E-state index < -0.39 is 27.9 Å². The van der Waals surface area contributed by atoms with Crippen molar-refractivity contribution in [1.29, 1.82) is 0 Å². The summed E-state index contributed by atoms with van der Waals surface area (Å²) in [6.07, 6.45) is 0. The van der Waals surface area contributed by atoms with Crippen LogP contribution < -0.4 is 10.5 Å². The van der Waals surface area contributed by atoms with Gasteiger partial charge in [-0.05, 0) is 31.5 Å². The summed E-state index contributed by atoms with van der Waals surface area (Å²) in [6, 6.07) is 2.55. The molecule has 1 atom stereocenters. The Labute approximate surface area is 110 Å². The van der Waals surface area contributed by atoms with Crippen molar-refractivity contribution >= 4 is 21.9 Å². The van der Waals surface area contributed by atoms with E-state index in [0.717, 1.165) is 6.07 Å².